The molecule has 0 bridgehead atoms. The minimum atomic E-state index is -4.99. The Morgan fingerprint density at radius 1 is 1.59 bits per heavy atom. The molecule has 0 aromatic carbocycles. The zero-order valence-corrected chi connectivity index (χ0v) is 8.63. The molecule has 0 unspecified atom stereocenters. The summed E-state index contributed by atoms with van der Waals surface area (Å²) >= 11 is 5.48. The number of carbonyl (C=O) groups excluding carboxylic acids is 1. The zero-order valence-electron chi connectivity index (χ0n) is 7.88. The summed E-state index contributed by atoms with van der Waals surface area (Å²) in [4.78, 5) is 14.2. The summed E-state index contributed by atoms with van der Waals surface area (Å²) in [5.41, 5.74) is 3.78. The molecule has 0 aliphatic carbocycles. The van der Waals surface area contributed by atoms with E-state index in [0.717, 1.165) is 0 Å². The number of carbonyl (C=O) groups is 1. The smallest absolute Gasteiger partial charge is 0.403 e. The topological polar surface area (TPSA) is 89.0 Å². The van der Waals surface area contributed by atoms with Gasteiger partial charge in [0.05, 0.1) is 11.8 Å². The van der Waals surface area contributed by atoms with E-state index in [1.54, 1.807) is 0 Å². The SMILES string of the molecule is N#Cc1ncc(OC(F)(F)F)c(Cl)c1C(N)=O. The van der Waals surface area contributed by atoms with E-state index in [-0.39, 0.29) is 0 Å². The number of hydrogen-bond acceptors (Lipinski definition) is 4. The lowest BCUT2D eigenvalue weighted by molar-refractivity contribution is -0.274. The maximum atomic E-state index is 11.9. The molecule has 0 saturated carbocycles. The summed E-state index contributed by atoms with van der Waals surface area (Å²) in [5, 5.41) is 7.87. The van der Waals surface area contributed by atoms with Crippen LogP contribution in [-0.4, -0.2) is 17.3 Å². The third-order valence-corrected chi connectivity index (χ3v) is 1.94. The third kappa shape index (κ3) is 2.98. The first kappa shape index (κ1) is 13.1. The predicted molar refractivity (Wildman–Crippen MR) is 49.2 cm³/mol. The van der Waals surface area contributed by atoms with Crippen LogP contribution >= 0.6 is 11.6 Å². The van der Waals surface area contributed by atoms with Gasteiger partial charge in [0.15, 0.2) is 11.4 Å². The van der Waals surface area contributed by atoms with Crippen molar-refractivity contribution in [1.82, 2.24) is 4.98 Å². The van der Waals surface area contributed by atoms with Crippen LogP contribution in [0.5, 0.6) is 5.75 Å². The summed E-state index contributed by atoms with van der Waals surface area (Å²) in [7, 11) is 0. The van der Waals surface area contributed by atoms with Crippen LogP contribution < -0.4 is 10.5 Å². The van der Waals surface area contributed by atoms with E-state index in [1.807, 2.05) is 0 Å². The standard InChI is InChI=1S/C8H3ClF3N3O2/c9-6-4(17-8(10,11)12)2-15-3(1-13)5(6)7(14)16/h2H,(H2,14,16). The average molecular weight is 266 g/mol. The van der Waals surface area contributed by atoms with E-state index < -0.39 is 34.3 Å². The third-order valence-electron chi connectivity index (χ3n) is 1.56. The summed E-state index contributed by atoms with van der Waals surface area (Å²) < 4.78 is 39.4. The van der Waals surface area contributed by atoms with Crippen LogP contribution in [0.15, 0.2) is 6.20 Å². The van der Waals surface area contributed by atoms with E-state index in [4.69, 9.17) is 22.6 Å². The Hall–Kier alpha value is -2.01. The minimum Gasteiger partial charge on any atom is -0.403 e. The molecule has 1 aromatic rings. The molecule has 90 valence electrons. The summed E-state index contributed by atoms with van der Waals surface area (Å²) in [6.45, 7) is 0. The Bertz CT molecular complexity index is 510. The van der Waals surface area contributed by atoms with Crippen molar-refractivity contribution in [3.8, 4) is 11.8 Å². The van der Waals surface area contributed by atoms with Crippen molar-refractivity contribution < 1.29 is 22.7 Å². The van der Waals surface area contributed by atoms with Gasteiger partial charge in [0.2, 0.25) is 0 Å². The van der Waals surface area contributed by atoms with Crippen molar-refractivity contribution in [2.75, 3.05) is 0 Å². The van der Waals surface area contributed by atoms with Gasteiger partial charge in [-0.3, -0.25) is 4.79 Å². The Morgan fingerprint density at radius 3 is 2.59 bits per heavy atom. The van der Waals surface area contributed by atoms with Gasteiger partial charge in [-0.05, 0) is 0 Å². The Labute approximate surface area is 97.6 Å². The van der Waals surface area contributed by atoms with E-state index >= 15 is 0 Å². The molecule has 0 radical (unpaired) electrons. The second kappa shape index (κ2) is 4.47. The van der Waals surface area contributed by atoms with Crippen molar-refractivity contribution in [1.29, 1.82) is 5.26 Å². The van der Waals surface area contributed by atoms with E-state index in [1.165, 1.54) is 6.07 Å². The van der Waals surface area contributed by atoms with Crippen LogP contribution in [0, 0.1) is 11.3 Å². The monoisotopic (exact) mass is 265 g/mol. The van der Waals surface area contributed by atoms with Gasteiger partial charge in [-0.2, -0.15) is 5.26 Å². The van der Waals surface area contributed by atoms with Gasteiger partial charge in [0.25, 0.3) is 5.91 Å². The number of aromatic nitrogens is 1. The van der Waals surface area contributed by atoms with Gasteiger partial charge >= 0.3 is 6.36 Å². The fourth-order valence-electron chi connectivity index (χ4n) is 0.977. The average Bonchev–Trinajstić information content (AvgIpc) is 2.18. The van der Waals surface area contributed by atoms with Gasteiger partial charge in [-0.25, -0.2) is 4.98 Å². The first-order chi connectivity index (χ1) is 7.76. The molecular weight excluding hydrogens is 263 g/mol. The summed E-state index contributed by atoms with van der Waals surface area (Å²) in [6.07, 6.45) is -4.41. The number of hydrogen-bond donors (Lipinski definition) is 1. The molecule has 0 fully saturated rings. The second-order valence-corrected chi connectivity index (χ2v) is 3.06. The van der Waals surface area contributed by atoms with Crippen molar-refractivity contribution in [2.24, 2.45) is 5.73 Å². The van der Waals surface area contributed by atoms with Crippen molar-refractivity contribution in [3.63, 3.8) is 0 Å². The number of nitriles is 1. The Morgan fingerprint density at radius 2 is 2.18 bits per heavy atom. The van der Waals surface area contributed by atoms with Crippen LogP contribution in [0.3, 0.4) is 0 Å². The van der Waals surface area contributed by atoms with Crippen LogP contribution in [0.4, 0.5) is 13.2 Å². The molecule has 0 atom stereocenters. The minimum absolute atomic E-state index is 0.475. The van der Waals surface area contributed by atoms with E-state index in [2.05, 4.69) is 9.72 Å². The lowest BCUT2D eigenvalue weighted by Gasteiger charge is -2.11. The number of pyridine rings is 1. The molecule has 1 aromatic heterocycles. The molecule has 1 rings (SSSR count). The number of rotatable bonds is 2. The molecule has 0 aliphatic heterocycles. The van der Waals surface area contributed by atoms with Crippen molar-refractivity contribution in [3.05, 3.63) is 22.5 Å². The maximum Gasteiger partial charge on any atom is 0.573 e. The Balaban J connectivity index is 3.35. The molecule has 9 heteroatoms. The number of nitrogens with two attached hydrogens (primary N) is 1. The highest BCUT2D eigenvalue weighted by Crippen LogP contribution is 2.32. The van der Waals surface area contributed by atoms with Crippen molar-refractivity contribution in [2.45, 2.75) is 6.36 Å². The van der Waals surface area contributed by atoms with Crippen LogP contribution in [-0.2, 0) is 0 Å². The fraction of sp³-hybridized carbons (Fsp3) is 0.125. The molecule has 2 N–H and O–H groups in total. The highest BCUT2D eigenvalue weighted by molar-refractivity contribution is 6.35. The largest absolute Gasteiger partial charge is 0.573 e. The first-order valence-corrected chi connectivity index (χ1v) is 4.28. The number of amides is 1. The number of ether oxygens (including phenoxy) is 1. The highest BCUT2D eigenvalue weighted by Gasteiger charge is 2.33. The summed E-state index contributed by atoms with van der Waals surface area (Å²) in [5.74, 6) is -2.07. The molecule has 0 aliphatic rings. The Kier molecular flexibility index (Phi) is 3.43. The van der Waals surface area contributed by atoms with E-state index in [0.29, 0.717) is 6.20 Å². The van der Waals surface area contributed by atoms with Crippen LogP contribution in [0.2, 0.25) is 5.02 Å². The maximum absolute atomic E-state index is 11.9. The molecule has 1 heterocycles. The van der Waals surface area contributed by atoms with Crippen LogP contribution in [0.1, 0.15) is 16.1 Å². The highest BCUT2D eigenvalue weighted by atomic mass is 35.5. The normalized spacial score (nSPS) is 10.8. The molecule has 1 amide bonds. The first-order valence-electron chi connectivity index (χ1n) is 3.90. The number of nitrogens with zero attached hydrogens (tertiary/aromatic N) is 2. The quantitative estimate of drug-likeness (QED) is 0.879. The van der Waals surface area contributed by atoms with E-state index in [9.17, 15) is 18.0 Å². The lowest BCUT2D eigenvalue weighted by atomic mass is 10.2. The van der Waals surface area contributed by atoms with Crippen molar-refractivity contribution >= 4 is 17.5 Å². The zero-order chi connectivity index (χ0) is 13.2. The molecule has 5 nitrogen and oxygen atoms in total. The molecule has 0 saturated heterocycles. The van der Waals surface area contributed by atoms with Gasteiger partial charge in [0.1, 0.15) is 11.1 Å². The molecule has 17 heavy (non-hydrogen) atoms. The summed E-state index contributed by atoms with van der Waals surface area (Å²) in [6, 6.07) is 1.47. The molecule has 0 spiro atoms. The van der Waals surface area contributed by atoms with Gasteiger partial charge in [0, 0.05) is 0 Å². The number of halogens is 4. The van der Waals surface area contributed by atoms with Gasteiger partial charge in [-0.1, -0.05) is 11.6 Å². The molecular formula is C8H3ClF3N3O2. The fourth-order valence-corrected chi connectivity index (χ4v) is 1.25. The van der Waals surface area contributed by atoms with Gasteiger partial charge in [-0.15, -0.1) is 13.2 Å². The number of alkyl halides is 3. The van der Waals surface area contributed by atoms with Crippen LogP contribution in [0.25, 0.3) is 0 Å². The second-order valence-electron chi connectivity index (χ2n) is 2.68. The van der Waals surface area contributed by atoms with Gasteiger partial charge < -0.3 is 10.5 Å². The predicted octanol–water partition coefficient (Wildman–Crippen LogP) is 1.60. The number of primary amides is 1. The lowest BCUT2D eigenvalue weighted by Crippen LogP contribution is -2.20.